The first-order valence-corrected chi connectivity index (χ1v) is 12.8. The third-order valence-electron chi connectivity index (χ3n) is 4.22. The summed E-state index contributed by atoms with van der Waals surface area (Å²) in [5.74, 6) is 0.156. The standard InChI is InChI=1S/C12H16N5O12P3/c13-4-12(5-26-31(22,23)29-32(24,25)28-30(19,20)21)10(18)3-9(27-12)7-1-2-8-11(14)15-6-16-17(7)8/h1-2,6,9-10,18H,3,5H2,(H,22,23)(H,24,25)(H2,14,15,16)(H2,19,20,21)/t9-,10+,12-/m1/s1. The van der Waals surface area contributed by atoms with Crippen LogP contribution in [0.4, 0.5) is 5.82 Å². The second-order valence-corrected chi connectivity index (χ2v) is 10.8. The molecule has 0 spiro atoms. The third kappa shape index (κ3) is 5.41. The van der Waals surface area contributed by atoms with Gasteiger partial charge in [-0.3, -0.25) is 4.52 Å². The molecule has 2 aromatic rings. The predicted molar refractivity (Wildman–Crippen MR) is 100 cm³/mol. The first-order chi connectivity index (χ1) is 14.7. The second-order valence-electron chi connectivity index (χ2n) is 6.42. The van der Waals surface area contributed by atoms with E-state index >= 15 is 0 Å². The van der Waals surface area contributed by atoms with Crippen LogP contribution >= 0.6 is 23.5 Å². The van der Waals surface area contributed by atoms with E-state index in [0.29, 0.717) is 11.2 Å². The predicted octanol–water partition coefficient (Wildman–Crippen LogP) is -0.261. The fourth-order valence-electron chi connectivity index (χ4n) is 2.92. The van der Waals surface area contributed by atoms with Crippen molar-refractivity contribution in [2.75, 3.05) is 12.3 Å². The zero-order valence-electron chi connectivity index (χ0n) is 15.6. The van der Waals surface area contributed by atoms with Crippen molar-refractivity contribution in [3.05, 3.63) is 24.2 Å². The van der Waals surface area contributed by atoms with Crippen LogP contribution in [0.3, 0.4) is 0 Å². The van der Waals surface area contributed by atoms with Crippen LogP contribution in [-0.2, 0) is 31.6 Å². The highest BCUT2D eigenvalue weighted by atomic mass is 31.3. The molecule has 5 atom stereocenters. The van der Waals surface area contributed by atoms with Crippen molar-refractivity contribution in [2.45, 2.75) is 24.2 Å². The lowest BCUT2D eigenvalue weighted by molar-refractivity contribution is -0.0729. The summed E-state index contributed by atoms with van der Waals surface area (Å²) in [6.45, 7) is -1.13. The molecule has 2 unspecified atom stereocenters. The fraction of sp³-hybridized carbons (Fsp3) is 0.417. The molecule has 2 aromatic heterocycles. The Morgan fingerprint density at radius 1 is 1.25 bits per heavy atom. The maximum absolute atomic E-state index is 11.9. The number of hydrogen-bond acceptors (Lipinski definition) is 12. The highest BCUT2D eigenvalue weighted by Gasteiger charge is 2.52. The van der Waals surface area contributed by atoms with E-state index in [1.54, 1.807) is 18.2 Å². The van der Waals surface area contributed by atoms with Gasteiger partial charge in [-0.2, -0.15) is 19.0 Å². The molecule has 0 radical (unpaired) electrons. The normalized spacial score (nSPS) is 27.6. The van der Waals surface area contributed by atoms with E-state index in [0.717, 1.165) is 0 Å². The van der Waals surface area contributed by atoms with Crippen molar-refractivity contribution in [3.63, 3.8) is 0 Å². The van der Waals surface area contributed by atoms with E-state index in [4.69, 9.17) is 20.3 Å². The number of rotatable bonds is 8. The number of nitriles is 1. The van der Waals surface area contributed by atoms with Gasteiger partial charge in [-0.25, -0.2) is 23.2 Å². The molecule has 0 aromatic carbocycles. The minimum atomic E-state index is -5.74. The van der Waals surface area contributed by atoms with Crippen LogP contribution in [0.2, 0.25) is 0 Å². The number of nitrogen functional groups attached to an aromatic ring is 1. The molecule has 0 bridgehead atoms. The Morgan fingerprint density at radius 2 is 1.94 bits per heavy atom. The number of phosphoric acid groups is 3. The van der Waals surface area contributed by atoms with Gasteiger partial charge in [0, 0.05) is 6.42 Å². The van der Waals surface area contributed by atoms with Gasteiger partial charge in [-0.05, 0) is 12.1 Å². The van der Waals surface area contributed by atoms with Crippen LogP contribution < -0.4 is 5.73 Å². The summed E-state index contributed by atoms with van der Waals surface area (Å²) in [7, 11) is -16.8. The molecule has 17 nitrogen and oxygen atoms in total. The molecule has 1 aliphatic heterocycles. The number of aromatic nitrogens is 3. The van der Waals surface area contributed by atoms with E-state index in [9.17, 15) is 33.9 Å². The molecule has 0 saturated carbocycles. The molecule has 0 aliphatic carbocycles. The van der Waals surface area contributed by atoms with Gasteiger partial charge in [0.15, 0.2) is 5.82 Å². The van der Waals surface area contributed by atoms with Gasteiger partial charge >= 0.3 is 23.5 Å². The maximum Gasteiger partial charge on any atom is 0.490 e. The van der Waals surface area contributed by atoms with Gasteiger partial charge in [0.1, 0.15) is 36.7 Å². The summed E-state index contributed by atoms with van der Waals surface area (Å²) in [6.07, 6.45) is -1.52. The minimum Gasteiger partial charge on any atom is -0.389 e. The lowest BCUT2D eigenvalue weighted by Gasteiger charge is -2.25. The second kappa shape index (κ2) is 8.54. The number of hydrogen-bond donors (Lipinski definition) is 6. The highest BCUT2D eigenvalue weighted by molar-refractivity contribution is 7.66. The van der Waals surface area contributed by atoms with Crippen LogP contribution in [0.25, 0.3) is 5.52 Å². The summed E-state index contributed by atoms with van der Waals surface area (Å²) >= 11 is 0. The zero-order chi connectivity index (χ0) is 23.9. The summed E-state index contributed by atoms with van der Waals surface area (Å²) in [6, 6.07) is 4.73. The van der Waals surface area contributed by atoms with Crippen molar-refractivity contribution in [2.24, 2.45) is 0 Å². The van der Waals surface area contributed by atoms with Crippen molar-refractivity contribution in [1.29, 1.82) is 5.26 Å². The van der Waals surface area contributed by atoms with Crippen molar-refractivity contribution in [3.8, 4) is 6.07 Å². The number of aliphatic hydroxyl groups is 1. The maximum atomic E-state index is 11.9. The van der Waals surface area contributed by atoms with E-state index < -0.39 is 47.9 Å². The topological polar surface area (TPSA) is 269 Å². The van der Waals surface area contributed by atoms with Gasteiger partial charge in [-0.15, -0.1) is 0 Å². The van der Waals surface area contributed by atoms with Gasteiger partial charge in [-0.1, -0.05) is 0 Å². The van der Waals surface area contributed by atoms with Gasteiger partial charge in [0.2, 0.25) is 5.60 Å². The largest absolute Gasteiger partial charge is 0.490 e. The molecular formula is C12H16N5O12P3. The van der Waals surface area contributed by atoms with Crippen LogP contribution in [0.15, 0.2) is 18.5 Å². The Kier molecular flexibility index (Phi) is 6.64. The number of anilines is 1. The van der Waals surface area contributed by atoms with Crippen LogP contribution in [0, 0.1) is 11.3 Å². The van der Waals surface area contributed by atoms with E-state index in [1.165, 1.54) is 10.8 Å². The smallest absolute Gasteiger partial charge is 0.389 e. The van der Waals surface area contributed by atoms with Crippen molar-refractivity contribution in [1.82, 2.24) is 14.6 Å². The molecule has 3 rings (SSSR count). The Bertz CT molecular complexity index is 1210. The number of fused-ring (bicyclic) bond motifs is 1. The lowest BCUT2D eigenvalue weighted by atomic mass is 9.99. The quantitative estimate of drug-likeness (QED) is 0.247. The van der Waals surface area contributed by atoms with Gasteiger partial charge in [0.25, 0.3) is 0 Å². The Labute approximate surface area is 178 Å². The van der Waals surface area contributed by atoms with Crippen molar-refractivity contribution < 1.29 is 56.3 Å². The highest BCUT2D eigenvalue weighted by Crippen LogP contribution is 2.66. The Balaban J connectivity index is 1.76. The number of nitrogens with zero attached hydrogens (tertiary/aromatic N) is 4. The SMILES string of the molecule is N#C[C@]1(COP(=O)(O)OP(=O)(O)OP(=O)(O)O)O[C@@H](c2ccc3c(N)ncnn23)C[C@@H]1O. The summed E-state index contributed by atoms with van der Waals surface area (Å²) in [5, 5.41) is 23.9. The molecule has 176 valence electrons. The lowest BCUT2D eigenvalue weighted by Crippen LogP contribution is -2.42. The van der Waals surface area contributed by atoms with Gasteiger partial charge in [0.05, 0.1) is 5.69 Å². The van der Waals surface area contributed by atoms with Crippen molar-refractivity contribution >= 4 is 34.8 Å². The average molecular weight is 515 g/mol. The Morgan fingerprint density at radius 3 is 2.56 bits per heavy atom. The third-order valence-corrected chi connectivity index (χ3v) is 8.00. The molecule has 1 fully saturated rings. The first kappa shape index (κ1) is 24.9. The number of aliphatic hydroxyl groups excluding tert-OH is 1. The van der Waals surface area contributed by atoms with Gasteiger partial charge < -0.3 is 35.2 Å². The molecule has 1 saturated heterocycles. The van der Waals surface area contributed by atoms with Crippen LogP contribution in [-0.4, -0.2) is 57.6 Å². The molecular weight excluding hydrogens is 499 g/mol. The van der Waals surface area contributed by atoms with Crippen LogP contribution in [0.5, 0.6) is 0 Å². The fourth-order valence-corrected chi connectivity index (χ4v) is 5.97. The number of phosphoric ester groups is 1. The summed E-state index contributed by atoms with van der Waals surface area (Å²) in [4.78, 5) is 39.6. The number of nitrogens with two attached hydrogens (primary N) is 1. The van der Waals surface area contributed by atoms with E-state index in [1.807, 2.05) is 0 Å². The molecule has 20 heteroatoms. The first-order valence-electron chi connectivity index (χ1n) is 8.30. The molecule has 7 N–H and O–H groups in total. The van der Waals surface area contributed by atoms with E-state index in [-0.39, 0.29) is 12.2 Å². The van der Waals surface area contributed by atoms with Crippen LogP contribution in [0.1, 0.15) is 18.2 Å². The molecule has 32 heavy (non-hydrogen) atoms. The Hall–Kier alpha value is -1.76. The summed E-state index contributed by atoms with van der Waals surface area (Å²) < 4.78 is 52.6. The number of ether oxygens (including phenoxy) is 1. The minimum absolute atomic E-state index is 0.156. The molecule has 3 heterocycles. The zero-order valence-corrected chi connectivity index (χ0v) is 18.3. The monoisotopic (exact) mass is 515 g/mol. The molecule has 1 aliphatic rings. The van der Waals surface area contributed by atoms with E-state index in [2.05, 4.69) is 23.2 Å². The molecule has 0 amide bonds. The summed E-state index contributed by atoms with van der Waals surface area (Å²) in [5.41, 5.74) is 4.31. The average Bonchev–Trinajstić information content (AvgIpc) is 3.19.